The molecule has 0 aromatic carbocycles. The van der Waals surface area contributed by atoms with Crippen molar-refractivity contribution in [3.8, 4) is 0 Å². The second-order valence-corrected chi connectivity index (χ2v) is 4.93. The van der Waals surface area contributed by atoms with Gasteiger partial charge in [0.05, 0.1) is 5.92 Å². The van der Waals surface area contributed by atoms with Crippen molar-refractivity contribution in [1.82, 2.24) is 15.2 Å². The average molecular weight is 277 g/mol. The molecule has 0 saturated carbocycles. The molecule has 0 aliphatic carbocycles. The van der Waals surface area contributed by atoms with Gasteiger partial charge in [-0.3, -0.25) is 9.78 Å². The second kappa shape index (κ2) is 6.88. The predicted octanol–water partition coefficient (Wildman–Crippen LogP) is 1.13. The van der Waals surface area contributed by atoms with Crippen LogP contribution in [0.1, 0.15) is 18.5 Å². The predicted molar refractivity (Wildman–Crippen MR) is 73.3 cm³/mol. The summed E-state index contributed by atoms with van der Waals surface area (Å²) in [7, 11) is 0. The molecule has 0 radical (unpaired) electrons. The lowest BCUT2D eigenvalue weighted by Crippen LogP contribution is -2.47. The Kier molecular flexibility index (Phi) is 4.92. The molecule has 1 fully saturated rings. The molecule has 6 nitrogen and oxygen atoms in total. The number of pyridine rings is 1. The highest BCUT2D eigenvalue weighted by Gasteiger charge is 2.27. The minimum absolute atomic E-state index is 0.188. The average Bonchev–Trinajstić information content (AvgIpc) is 2.48. The number of aliphatic carboxylic acids is 1. The maximum atomic E-state index is 12.0. The maximum Gasteiger partial charge on any atom is 0.317 e. The molecule has 0 bridgehead atoms. The number of piperidine rings is 1. The minimum Gasteiger partial charge on any atom is -0.481 e. The van der Waals surface area contributed by atoms with Gasteiger partial charge in [-0.1, -0.05) is 6.07 Å². The van der Waals surface area contributed by atoms with Gasteiger partial charge in [-0.15, -0.1) is 0 Å². The Morgan fingerprint density at radius 1 is 1.45 bits per heavy atom. The van der Waals surface area contributed by atoms with E-state index in [-0.39, 0.29) is 6.03 Å². The van der Waals surface area contributed by atoms with E-state index in [0.29, 0.717) is 32.5 Å². The van der Waals surface area contributed by atoms with E-state index in [1.807, 2.05) is 18.2 Å². The topological polar surface area (TPSA) is 82.5 Å². The molecule has 6 heteroatoms. The number of hydrogen-bond acceptors (Lipinski definition) is 3. The van der Waals surface area contributed by atoms with Crippen LogP contribution >= 0.6 is 0 Å². The number of rotatable bonds is 4. The number of likely N-dealkylation sites (tertiary alicyclic amines) is 1. The number of nitrogens with one attached hydrogen (secondary N) is 1. The molecule has 0 spiro atoms. The zero-order valence-corrected chi connectivity index (χ0v) is 11.3. The molecule has 108 valence electrons. The summed E-state index contributed by atoms with van der Waals surface area (Å²) in [6.45, 7) is 1.42. The zero-order valence-electron chi connectivity index (χ0n) is 11.3. The third-order valence-corrected chi connectivity index (χ3v) is 3.44. The molecule has 2 heterocycles. The Hall–Kier alpha value is -2.11. The van der Waals surface area contributed by atoms with E-state index in [4.69, 9.17) is 5.11 Å². The summed E-state index contributed by atoms with van der Waals surface area (Å²) in [5.74, 6) is -1.26. The first-order chi connectivity index (χ1) is 9.66. The van der Waals surface area contributed by atoms with Crippen molar-refractivity contribution < 1.29 is 14.7 Å². The van der Waals surface area contributed by atoms with E-state index >= 15 is 0 Å². The SMILES string of the molecule is O=C(O)C1CCCN(C(=O)NCCc2ccccn2)C1. The fourth-order valence-corrected chi connectivity index (χ4v) is 2.32. The van der Waals surface area contributed by atoms with Crippen molar-refractivity contribution in [3.05, 3.63) is 30.1 Å². The van der Waals surface area contributed by atoms with Crippen LogP contribution in [0.5, 0.6) is 0 Å². The molecule has 20 heavy (non-hydrogen) atoms. The quantitative estimate of drug-likeness (QED) is 0.864. The molecule has 1 aromatic heterocycles. The lowest BCUT2D eigenvalue weighted by Gasteiger charge is -2.30. The summed E-state index contributed by atoms with van der Waals surface area (Å²) in [5, 5.41) is 11.8. The van der Waals surface area contributed by atoms with Gasteiger partial charge in [0.25, 0.3) is 0 Å². The number of amides is 2. The van der Waals surface area contributed by atoms with Gasteiger partial charge in [0.2, 0.25) is 0 Å². The molecule has 2 amide bonds. The van der Waals surface area contributed by atoms with Crippen LogP contribution in [0, 0.1) is 5.92 Å². The fraction of sp³-hybridized carbons (Fsp3) is 0.500. The van der Waals surface area contributed by atoms with Gasteiger partial charge in [-0.25, -0.2) is 4.79 Å². The van der Waals surface area contributed by atoms with Crippen LogP contribution in [0.15, 0.2) is 24.4 Å². The molecule has 1 aliphatic rings. The van der Waals surface area contributed by atoms with E-state index in [1.54, 1.807) is 11.1 Å². The van der Waals surface area contributed by atoms with Crippen molar-refractivity contribution in [2.75, 3.05) is 19.6 Å². The molecule has 1 unspecified atom stereocenters. The van der Waals surface area contributed by atoms with E-state index < -0.39 is 11.9 Å². The van der Waals surface area contributed by atoms with E-state index in [2.05, 4.69) is 10.3 Å². The van der Waals surface area contributed by atoms with E-state index in [9.17, 15) is 9.59 Å². The van der Waals surface area contributed by atoms with Crippen molar-refractivity contribution in [2.24, 2.45) is 5.92 Å². The molecular weight excluding hydrogens is 258 g/mol. The molecule has 2 N–H and O–H groups in total. The normalized spacial score (nSPS) is 18.6. The van der Waals surface area contributed by atoms with Gasteiger partial charge >= 0.3 is 12.0 Å². The number of urea groups is 1. The largest absolute Gasteiger partial charge is 0.481 e. The second-order valence-electron chi connectivity index (χ2n) is 4.93. The summed E-state index contributed by atoms with van der Waals surface area (Å²) in [6.07, 6.45) is 3.78. The van der Waals surface area contributed by atoms with Crippen molar-refractivity contribution in [1.29, 1.82) is 0 Å². The number of carbonyl (C=O) groups is 2. The zero-order chi connectivity index (χ0) is 14.4. The van der Waals surface area contributed by atoms with Crippen LogP contribution in [-0.2, 0) is 11.2 Å². The summed E-state index contributed by atoms with van der Waals surface area (Å²) in [5.41, 5.74) is 0.926. The van der Waals surface area contributed by atoms with Gasteiger partial charge in [0, 0.05) is 37.9 Å². The van der Waals surface area contributed by atoms with Gasteiger partial charge in [0.1, 0.15) is 0 Å². The van der Waals surface area contributed by atoms with Crippen LogP contribution < -0.4 is 5.32 Å². The Morgan fingerprint density at radius 3 is 3.00 bits per heavy atom. The van der Waals surface area contributed by atoms with E-state index in [0.717, 1.165) is 12.1 Å². The fourth-order valence-electron chi connectivity index (χ4n) is 2.32. The number of aromatic nitrogens is 1. The molecule has 1 aliphatic heterocycles. The molecule has 1 saturated heterocycles. The molecule has 1 atom stereocenters. The summed E-state index contributed by atoms with van der Waals surface area (Å²) < 4.78 is 0. The number of carbonyl (C=O) groups excluding carboxylic acids is 1. The van der Waals surface area contributed by atoms with Crippen molar-refractivity contribution in [2.45, 2.75) is 19.3 Å². The highest BCUT2D eigenvalue weighted by molar-refractivity contribution is 5.76. The monoisotopic (exact) mass is 277 g/mol. The third kappa shape index (κ3) is 3.94. The van der Waals surface area contributed by atoms with Crippen molar-refractivity contribution in [3.63, 3.8) is 0 Å². The highest BCUT2D eigenvalue weighted by atomic mass is 16.4. The Morgan fingerprint density at radius 2 is 2.30 bits per heavy atom. The third-order valence-electron chi connectivity index (χ3n) is 3.44. The van der Waals surface area contributed by atoms with Crippen LogP contribution in [0.3, 0.4) is 0 Å². The van der Waals surface area contributed by atoms with Crippen LogP contribution in [0.2, 0.25) is 0 Å². The van der Waals surface area contributed by atoms with Gasteiger partial charge in [-0.05, 0) is 25.0 Å². The first-order valence-corrected chi connectivity index (χ1v) is 6.82. The number of carboxylic acid groups (broad SMARTS) is 1. The van der Waals surface area contributed by atoms with Crippen LogP contribution in [-0.4, -0.2) is 46.6 Å². The summed E-state index contributed by atoms with van der Waals surface area (Å²) in [4.78, 5) is 28.7. The minimum atomic E-state index is -0.823. The summed E-state index contributed by atoms with van der Waals surface area (Å²) >= 11 is 0. The lowest BCUT2D eigenvalue weighted by molar-refractivity contribution is -0.143. The number of hydrogen-bond donors (Lipinski definition) is 2. The Labute approximate surface area is 117 Å². The van der Waals surface area contributed by atoms with Crippen molar-refractivity contribution >= 4 is 12.0 Å². The van der Waals surface area contributed by atoms with Gasteiger partial charge < -0.3 is 15.3 Å². The summed E-state index contributed by atoms with van der Waals surface area (Å²) in [6, 6.07) is 5.48. The Bertz CT molecular complexity index is 464. The standard InChI is InChI=1S/C14H19N3O3/c18-13(19)11-4-3-9-17(10-11)14(20)16-8-6-12-5-1-2-7-15-12/h1-2,5,7,11H,3-4,6,8-10H2,(H,16,20)(H,18,19). The van der Waals surface area contributed by atoms with Gasteiger partial charge in [-0.2, -0.15) is 0 Å². The maximum absolute atomic E-state index is 12.0. The number of carboxylic acids is 1. The molecular formula is C14H19N3O3. The van der Waals surface area contributed by atoms with Crippen LogP contribution in [0.4, 0.5) is 4.79 Å². The first-order valence-electron chi connectivity index (χ1n) is 6.82. The Balaban J connectivity index is 1.75. The molecule has 2 rings (SSSR count). The smallest absolute Gasteiger partial charge is 0.317 e. The lowest BCUT2D eigenvalue weighted by atomic mass is 9.99. The first kappa shape index (κ1) is 14.3. The van der Waals surface area contributed by atoms with E-state index in [1.165, 1.54) is 0 Å². The van der Waals surface area contributed by atoms with Crippen LogP contribution in [0.25, 0.3) is 0 Å². The number of nitrogens with zero attached hydrogens (tertiary/aromatic N) is 2. The van der Waals surface area contributed by atoms with Gasteiger partial charge in [0.15, 0.2) is 0 Å². The highest BCUT2D eigenvalue weighted by Crippen LogP contribution is 2.16. The molecule has 1 aromatic rings.